The lowest BCUT2D eigenvalue weighted by Crippen LogP contribution is -2.30. The molecule has 0 bridgehead atoms. The van der Waals surface area contributed by atoms with Crippen molar-refractivity contribution in [3.05, 3.63) is 48.5 Å². The average Bonchev–Trinajstić information content (AvgIpc) is 2.53. The molecule has 7 nitrogen and oxygen atoms in total. The van der Waals surface area contributed by atoms with Gasteiger partial charge in [0.05, 0.1) is 9.79 Å². The van der Waals surface area contributed by atoms with Crippen LogP contribution in [-0.4, -0.2) is 28.9 Å². The number of sulfonamides is 2. The molecule has 0 amide bonds. The third-order valence-corrected chi connectivity index (χ3v) is 6.63. The molecule has 0 spiro atoms. The van der Waals surface area contributed by atoms with Gasteiger partial charge in [-0.1, -0.05) is 0 Å². The summed E-state index contributed by atoms with van der Waals surface area (Å²) in [6.45, 7) is 6.98. The maximum absolute atomic E-state index is 12.1. The van der Waals surface area contributed by atoms with Crippen LogP contribution in [0.25, 0.3) is 0 Å². The summed E-state index contributed by atoms with van der Waals surface area (Å²) in [5.74, 6) is 0.879. The number of ether oxygens (including phenoxy) is 1. The lowest BCUT2D eigenvalue weighted by atomic mass is 10.3. The summed E-state index contributed by atoms with van der Waals surface area (Å²) >= 11 is 0. The summed E-state index contributed by atoms with van der Waals surface area (Å²) in [4.78, 5) is 0.287. The molecular formula is C18H24N2O5S2. The van der Waals surface area contributed by atoms with Crippen LogP contribution in [0.4, 0.5) is 0 Å². The Morgan fingerprint density at radius 1 is 0.630 bits per heavy atom. The highest BCUT2D eigenvalue weighted by atomic mass is 32.2. The average molecular weight is 413 g/mol. The van der Waals surface area contributed by atoms with E-state index in [0.29, 0.717) is 11.5 Å². The standard InChI is InChI=1S/C18H24N2O5S2/c1-13(2)19-26(21,22)17-9-5-15(6-10-17)25-16-7-11-18(12-8-16)27(23,24)20-14(3)4/h5-14,19-20H,1-4H3. The first-order valence-corrected chi connectivity index (χ1v) is 11.4. The highest BCUT2D eigenvalue weighted by Gasteiger charge is 2.16. The Kier molecular flexibility index (Phi) is 6.63. The molecule has 0 fully saturated rings. The Morgan fingerprint density at radius 2 is 0.926 bits per heavy atom. The zero-order valence-corrected chi connectivity index (χ0v) is 17.3. The van der Waals surface area contributed by atoms with Crippen LogP contribution in [0.1, 0.15) is 27.7 Å². The predicted molar refractivity (Wildman–Crippen MR) is 104 cm³/mol. The van der Waals surface area contributed by atoms with Crippen LogP contribution in [0.2, 0.25) is 0 Å². The predicted octanol–water partition coefficient (Wildman–Crippen LogP) is 2.85. The van der Waals surface area contributed by atoms with Crippen LogP contribution in [0, 0.1) is 0 Å². The summed E-state index contributed by atoms with van der Waals surface area (Å²) in [5.41, 5.74) is 0. The highest BCUT2D eigenvalue weighted by molar-refractivity contribution is 7.89. The summed E-state index contributed by atoms with van der Waals surface area (Å²) in [5, 5.41) is 0. The van der Waals surface area contributed by atoms with Crippen LogP contribution in [0.3, 0.4) is 0 Å². The first-order chi connectivity index (χ1) is 12.5. The maximum Gasteiger partial charge on any atom is 0.240 e. The quantitative estimate of drug-likeness (QED) is 0.694. The monoisotopic (exact) mass is 412 g/mol. The lowest BCUT2D eigenvalue weighted by molar-refractivity contribution is 0.481. The largest absolute Gasteiger partial charge is 0.457 e. The fraction of sp³-hybridized carbons (Fsp3) is 0.333. The van der Waals surface area contributed by atoms with Gasteiger partial charge in [-0.05, 0) is 76.2 Å². The third kappa shape index (κ3) is 6.03. The summed E-state index contributed by atoms with van der Waals surface area (Å²) in [7, 11) is -7.12. The Labute approximate surface area is 160 Å². The number of hydrogen-bond acceptors (Lipinski definition) is 5. The first-order valence-electron chi connectivity index (χ1n) is 8.42. The molecule has 0 unspecified atom stereocenters. The molecule has 2 rings (SSSR count). The smallest absolute Gasteiger partial charge is 0.240 e. The van der Waals surface area contributed by atoms with E-state index in [1.54, 1.807) is 52.0 Å². The number of benzene rings is 2. The Bertz CT molecular complexity index is 884. The molecule has 0 atom stereocenters. The van der Waals surface area contributed by atoms with Crippen molar-refractivity contribution in [2.45, 2.75) is 49.6 Å². The van der Waals surface area contributed by atoms with Gasteiger partial charge < -0.3 is 4.74 Å². The van der Waals surface area contributed by atoms with Crippen LogP contribution < -0.4 is 14.2 Å². The fourth-order valence-corrected chi connectivity index (χ4v) is 4.77. The van der Waals surface area contributed by atoms with E-state index < -0.39 is 20.0 Å². The second-order valence-corrected chi connectivity index (χ2v) is 10.0. The molecule has 0 radical (unpaired) electrons. The van der Waals surface area contributed by atoms with Crippen molar-refractivity contribution in [1.29, 1.82) is 0 Å². The van der Waals surface area contributed by atoms with Gasteiger partial charge in [-0.3, -0.25) is 0 Å². The molecule has 0 saturated heterocycles. The fourth-order valence-electron chi connectivity index (χ4n) is 2.27. The maximum atomic E-state index is 12.1. The molecule has 2 N–H and O–H groups in total. The highest BCUT2D eigenvalue weighted by Crippen LogP contribution is 2.24. The SMILES string of the molecule is CC(C)NS(=O)(=O)c1ccc(Oc2ccc(S(=O)(=O)NC(C)C)cc2)cc1. The van der Waals surface area contributed by atoms with Gasteiger partial charge in [0.2, 0.25) is 20.0 Å². The van der Waals surface area contributed by atoms with Crippen LogP contribution in [0.5, 0.6) is 11.5 Å². The second-order valence-electron chi connectivity index (χ2n) is 6.60. The van der Waals surface area contributed by atoms with E-state index in [1.165, 1.54) is 24.3 Å². The molecule has 0 heterocycles. The van der Waals surface area contributed by atoms with Crippen molar-refractivity contribution >= 4 is 20.0 Å². The summed E-state index contributed by atoms with van der Waals surface area (Å²) < 4.78 is 59.1. The van der Waals surface area contributed by atoms with Crippen molar-refractivity contribution in [3.63, 3.8) is 0 Å². The van der Waals surface area contributed by atoms with Crippen molar-refractivity contribution in [2.75, 3.05) is 0 Å². The van der Waals surface area contributed by atoms with Gasteiger partial charge in [-0.25, -0.2) is 26.3 Å². The van der Waals surface area contributed by atoms with Crippen LogP contribution in [-0.2, 0) is 20.0 Å². The van der Waals surface area contributed by atoms with Gasteiger partial charge in [-0.15, -0.1) is 0 Å². The minimum Gasteiger partial charge on any atom is -0.457 e. The van der Waals surface area contributed by atoms with Gasteiger partial charge in [0.25, 0.3) is 0 Å². The van der Waals surface area contributed by atoms with E-state index >= 15 is 0 Å². The molecule has 9 heteroatoms. The molecule has 0 aromatic heterocycles. The first kappa shape index (κ1) is 21.4. The van der Waals surface area contributed by atoms with Gasteiger partial charge in [0.1, 0.15) is 11.5 Å². The third-order valence-electron chi connectivity index (χ3n) is 3.29. The van der Waals surface area contributed by atoms with Gasteiger partial charge in [-0.2, -0.15) is 0 Å². The lowest BCUT2D eigenvalue weighted by Gasteiger charge is -2.11. The van der Waals surface area contributed by atoms with E-state index in [9.17, 15) is 16.8 Å². The molecule has 27 heavy (non-hydrogen) atoms. The molecule has 148 valence electrons. The van der Waals surface area contributed by atoms with E-state index in [0.717, 1.165) is 0 Å². The minimum atomic E-state index is -3.56. The summed E-state index contributed by atoms with van der Waals surface area (Å²) in [6.07, 6.45) is 0. The molecule has 2 aromatic rings. The molecule has 0 aliphatic rings. The summed E-state index contributed by atoms with van der Waals surface area (Å²) in [6, 6.07) is 11.6. The number of rotatable bonds is 8. The topological polar surface area (TPSA) is 102 Å². The number of hydrogen-bond donors (Lipinski definition) is 2. The zero-order chi connectivity index (χ0) is 20.2. The van der Waals surface area contributed by atoms with Crippen molar-refractivity contribution in [2.24, 2.45) is 0 Å². The Morgan fingerprint density at radius 3 is 1.19 bits per heavy atom. The van der Waals surface area contributed by atoms with Crippen molar-refractivity contribution < 1.29 is 21.6 Å². The molecule has 2 aromatic carbocycles. The minimum absolute atomic E-state index is 0.143. The molecule has 0 saturated carbocycles. The van der Waals surface area contributed by atoms with E-state index in [-0.39, 0.29) is 21.9 Å². The van der Waals surface area contributed by atoms with Crippen LogP contribution >= 0.6 is 0 Å². The number of nitrogens with one attached hydrogen (secondary N) is 2. The van der Waals surface area contributed by atoms with E-state index in [1.807, 2.05) is 0 Å². The second kappa shape index (κ2) is 8.39. The van der Waals surface area contributed by atoms with Gasteiger partial charge in [0, 0.05) is 12.1 Å². The van der Waals surface area contributed by atoms with Crippen molar-refractivity contribution in [3.8, 4) is 11.5 Å². The van der Waals surface area contributed by atoms with Gasteiger partial charge >= 0.3 is 0 Å². The van der Waals surface area contributed by atoms with Crippen molar-refractivity contribution in [1.82, 2.24) is 9.44 Å². The van der Waals surface area contributed by atoms with E-state index in [4.69, 9.17) is 4.74 Å². The van der Waals surface area contributed by atoms with Gasteiger partial charge in [0.15, 0.2) is 0 Å². The molecule has 0 aliphatic carbocycles. The normalized spacial score (nSPS) is 12.5. The van der Waals surface area contributed by atoms with Crippen LogP contribution in [0.15, 0.2) is 58.3 Å². The Hall–Kier alpha value is -1.94. The zero-order valence-electron chi connectivity index (χ0n) is 15.6. The molecule has 0 aliphatic heterocycles. The van der Waals surface area contributed by atoms with E-state index in [2.05, 4.69) is 9.44 Å². The molecular weight excluding hydrogens is 388 g/mol. The Balaban J connectivity index is 2.12.